The Morgan fingerprint density at radius 3 is 1.48 bits per heavy atom. The SMILES string of the molecule is c1ccc(-c2nc(-c3ccccc3)nc(-c3cc(-c4ccc(-n5c6ccccc6c6ccccc65)cc4)c4[nH]c5ccccc5c4c3)n2)cc1. The number of aromatic amines is 1. The number of para-hydroxylation sites is 3. The molecule has 5 nitrogen and oxygen atoms in total. The zero-order chi connectivity index (χ0) is 33.0. The molecule has 0 aliphatic rings. The highest BCUT2D eigenvalue weighted by Crippen LogP contribution is 2.39. The molecule has 1 N–H and O–H groups in total. The van der Waals surface area contributed by atoms with Crippen LogP contribution in [0.3, 0.4) is 0 Å². The van der Waals surface area contributed by atoms with Crippen LogP contribution in [0.15, 0.2) is 170 Å². The number of fused-ring (bicyclic) bond motifs is 6. The van der Waals surface area contributed by atoms with Crippen LogP contribution in [0.4, 0.5) is 0 Å². The lowest BCUT2D eigenvalue weighted by Crippen LogP contribution is -2.00. The standard InChI is InChI=1S/C45H29N5/c1-3-13-30(14-4-1)43-47-44(31-15-5-2-6-16-31)49-45(48-43)32-27-37(42-38(28-32)34-17-7-10-20-39(34)46-42)29-23-25-33(26-24-29)50-40-21-11-8-18-35(40)36-19-9-12-22-41(36)50/h1-28,46H. The van der Waals surface area contributed by atoms with Crippen molar-refractivity contribution in [2.75, 3.05) is 0 Å². The zero-order valence-electron chi connectivity index (χ0n) is 27.0. The molecule has 5 heteroatoms. The molecule has 10 rings (SSSR count). The van der Waals surface area contributed by atoms with Crippen molar-refractivity contribution in [1.82, 2.24) is 24.5 Å². The smallest absolute Gasteiger partial charge is 0.164 e. The van der Waals surface area contributed by atoms with Gasteiger partial charge in [0, 0.05) is 55.0 Å². The van der Waals surface area contributed by atoms with E-state index in [0.717, 1.165) is 55.3 Å². The fourth-order valence-corrected chi connectivity index (χ4v) is 7.24. The van der Waals surface area contributed by atoms with Gasteiger partial charge in [-0.15, -0.1) is 0 Å². The molecular formula is C45H29N5. The molecule has 0 atom stereocenters. The maximum absolute atomic E-state index is 5.08. The first-order chi connectivity index (χ1) is 24.8. The van der Waals surface area contributed by atoms with E-state index in [9.17, 15) is 0 Å². The molecule has 0 saturated heterocycles. The van der Waals surface area contributed by atoms with Gasteiger partial charge in [0.2, 0.25) is 0 Å². The number of hydrogen-bond donors (Lipinski definition) is 1. The fraction of sp³-hybridized carbons (Fsp3) is 0. The Kier molecular flexibility index (Phi) is 6.42. The summed E-state index contributed by atoms with van der Waals surface area (Å²) >= 11 is 0. The second-order valence-corrected chi connectivity index (χ2v) is 12.6. The van der Waals surface area contributed by atoms with Gasteiger partial charge in [-0.3, -0.25) is 0 Å². The van der Waals surface area contributed by atoms with Crippen LogP contribution >= 0.6 is 0 Å². The Labute approximate surface area is 288 Å². The van der Waals surface area contributed by atoms with Crippen molar-refractivity contribution < 1.29 is 0 Å². The summed E-state index contributed by atoms with van der Waals surface area (Å²) in [5, 5.41) is 4.79. The zero-order valence-corrected chi connectivity index (χ0v) is 27.0. The number of hydrogen-bond acceptors (Lipinski definition) is 3. The van der Waals surface area contributed by atoms with E-state index in [0.29, 0.717) is 17.5 Å². The molecular weight excluding hydrogens is 611 g/mol. The van der Waals surface area contributed by atoms with Crippen molar-refractivity contribution in [3.8, 4) is 51.0 Å². The van der Waals surface area contributed by atoms with Crippen molar-refractivity contribution in [3.63, 3.8) is 0 Å². The van der Waals surface area contributed by atoms with E-state index in [1.54, 1.807) is 0 Å². The summed E-state index contributed by atoms with van der Waals surface area (Å²) < 4.78 is 2.35. The Hall–Kier alpha value is -6.85. The normalized spacial score (nSPS) is 11.6. The number of aromatic nitrogens is 5. The quantitative estimate of drug-likeness (QED) is 0.204. The van der Waals surface area contributed by atoms with Crippen molar-refractivity contribution in [2.45, 2.75) is 0 Å². The maximum atomic E-state index is 5.08. The van der Waals surface area contributed by atoms with E-state index >= 15 is 0 Å². The minimum atomic E-state index is 0.632. The first-order valence-corrected chi connectivity index (χ1v) is 16.8. The lowest BCUT2D eigenvalue weighted by Gasteiger charge is -2.12. The third-order valence-electron chi connectivity index (χ3n) is 9.59. The van der Waals surface area contributed by atoms with Gasteiger partial charge in [0.15, 0.2) is 17.5 Å². The first-order valence-electron chi connectivity index (χ1n) is 16.8. The van der Waals surface area contributed by atoms with E-state index in [-0.39, 0.29) is 0 Å². The number of rotatable bonds is 5. The molecule has 0 spiro atoms. The lowest BCUT2D eigenvalue weighted by atomic mass is 9.98. The predicted octanol–water partition coefficient (Wildman–Crippen LogP) is 11.3. The second-order valence-electron chi connectivity index (χ2n) is 12.6. The van der Waals surface area contributed by atoms with Crippen molar-refractivity contribution in [3.05, 3.63) is 170 Å². The third kappa shape index (κ3) is 4.60. The molecule has 0 saturated carbocycles. The maximum Gasteiger partial charge on any atom is 0.164 e. The van der Waals surface area contributed by atoms with Gasteiger partial charge in [0.05, 0.1) is 16.6 Å². The molecule has 10 aromatic rings. The van der Waals surface area contributed by atoms with Gasteiger partial charge in [-0.2, -0.15) is 0 Å². The van der Waals surface area contributed by atoms with E-state index in [1.807, 2.05) is 60.7 Å². The summed E-state index contributed by atoms with van der Waals surface area (Å²) in [6.07, 6.45) is 0. The highest BCUT2D eigenvalue weighted by molar-refractivity contribution is 6.13. The summed E-state index contributed by atoms with van der Waals surface area (Å²) in [6, 6.07) is 59.3. The number of H-pyrrole nitrogens is 1. The summed E-state index contributed by atoms with van der Waals surface area (Å²) in [5.74, 6) is 1.92. The number of nitrogens with one attached hydrogen (secondary N) is 1. The van der Waals surface area contributed by atoms with E-state index in [2.05, 4.69) is 119 Å². The van der Waals surface area contributed by atoms with Crippen molar-refractivity contribution in [1.29, 1.82) is 0 Å². The highest BCUT2D eigenvalue weighted by Gasteiger charge is 2.18. The van der Waals surface area contributed by atoms with Crippen molar-refractivity contribution >= 4 is 43.6 Å². The van der Waals surface area contributed by atoms with Gasteiger partial charge >= 0.3 is 0 Å². The monoisotopic (exact) mass is 639 g/mol. The molecule has 3 aromatic heterocycles. The van der Waals surface area contributed by atoms with Crippen LogP contribution in [0, 0.1) is 0 Å². The van der Waals surface area contributed by atoms with Gasteiger partial charge in [0.25, 0.3) is 0 Å². The van der Waals surface area contributed by atoms with Crippen LogP contribution in [-0.2, 0) is 0 Å². The molecule has 50 heavy (non-hydrogen) atoms. The van der Waals surface area contributed by atoms with Crippen LogP contribution in [0.25, 0.3) is 94.6 Å². The highest BCUT2D eigenvalue weighted by atomic mass is 15.0. The number of nitrogens with zero attached hydrogens (tertiary/aromatic N) is 4. The largest absolute Gasteiger partial charge is 0.354 e. The molecule has 0 fully saturated rings. The number of benzene rings is 7. The van der Waals surface area contributed by atoms with Gasteiger partial charge < -0.3 is 9.55 Å². The average molecular weight is 640 g/mol. The van der Waals surface area contributed by atoms with Gasteiger partial charge in [-0.05, 0) is 48.0 Å². The molecule has 3 heterocycles. The van der Waals surface area contributed by atoms with Crippen LogP contribution in [0.5, 0.6) is 0 Å². The summed E-state index contributed by atoms with van der Waals surface area (Å²) in [4.78, 5) is 18.8. The molecule has 7 aromatic carbocycles. The van der Waals surface area contributed by atoms with Crippen molar-refractivity contribution in [2.24, 2.45) is 0 Å². The summed E-state index contributed by atoms with van der Waals surface area (Å²) in [6.45, 7) is 0. The average Bonchev–Trinajstić information content (AvgIpc) is 3.74. The molecule has 0 radical (unpaired) electrons. The Balaban J connectivity index is 1.18. The summed E-state index contributed by atoms with van der Waals surface area (Å²) in [7, 11) is 0. The fourth-order valence-electron chi connectivity index (χ4n) is 7.24. The predicted molar refractivity (Wildman–Crippen MR) is 205 cm³/mol. The molecule has 234 valence electrons. The first kappa shape index (κ1) is 28.2. The second kappa shape index (κ2) is 11.4. The molecule has 0 unspecified atom stereocenters. The molecule has 0 amide bonds. The van der Waals surface area contributed by atoms with Crippen LogP contribution in [-0.4, -0.2) is 24.5 Å². The minimum Gasteiger partial charge on any atom is -0.354 e. The molecule has 0 aliphatic heterocycles. The Bertz CT molecular complexity index is 2740. The lowest BCUT2D eigenvalue weighted by molar-refractivity contribution is 1.07. The van der Waals surface area contributed by atoms with Crippen LogP contribution in [0.2, 0.25) is 0 Å². The van der Waals surface area contributed by atoms with Crippen LogP contribution in [0.1, 0.15) is 0 Å². The van der Waals surface area contributed by atoms with E-state index in [4.69, 9.17) is 15.0 Å². The topological polar surface area (TPSA) is 59.4 Å². The Morgan fingerprint density at radius 2 is 0.880 bits per heavy atom. The van der Waals surface area contributed by atoms with E-state index < -0.39 is 0 Å². The third-order valence-corrected chi connectivity index (χ3v) is 9.59. The summed E-state index contributed by atoms with van der Waals surface area (Å²) in [5.41, 5.74) is 10.7. The molecule has 0 aliphatic carbocycles. The van der Waals surface area contributed by atoms with E-state index in [1.165, 1.54) is 21.8 Å². The van der Waals surface area contributed by atoms with Gasteiger partial charge in [-0.1, -0.05) is 127 Å². The molecule has 0 bridgehead atoms. The Morgan fingerprint density at radius 1 is 0.380 bits per heavy atom. The van der Waals surface area contributed by atoms with Gasteiger partial charge in [0.1, 0.15) is 0 Å². The van der Waals surface area contributed by atoms with Gasteiger partial charge in [-0.25, -0.2) is 15.0 Å². The van der Waals surface area contributed by atoms with Crippen LogP contribution < -0.4 is 0 Å². The minimum absolute atomic E-state index is 0.632.